The average Bonchev–Trinajstić information content (AvgIpc) is 3.06. The minimum atomic E-state index is 0.230. The fourth-order valence-corrected chi connectivity index (χ4v) is 4.47. The number of fused-ring (bicyclic) bond motifs is 1. The van der Waals surface area contributed by atoms with Crippen molar-refractivity contribution in [3.8, 4) is 11.3 Å². The molecule has 0 aliphatic heterocycles. The standard InChI is InChI=1S/C22H23N3OS/c1-2-27-14-15-12-18-20(19(26)13-15)22(24-17-6-4-3-5-7-17)21(25-18)16-8-10-23-11-9-16/h3-11,15,24-25H,2,12-14H2,1H3. The molecule has 1 atom stereocenters. The second kappa shape index (κ2) is 8.01. The highest BCUT2D eigenvalue weighted by Crippen LogP contribution is 2.40. The third kappa shape index (κ3) is 3.78. The number of carbonyl (C=O) groups excluding carboxylic acids is 1. The average molecular weight is 378 g/mol. The Bertz CT molecular complexity index is 921. The maximum absolute atomic E-state index is 13.0. The fourth-order valence-electron chi connectivity index (χ4n) is 3.67. The maximum atomic E-state index is 13.0. The number of pyridine rings is 1. The first-order chi connectivity index (χ1) is 13.3. The Hall–Kier alpha value is -2.53. The minimum absolute atomic E-state index is 0.230. The van der Waals surface area contributed by atoms with Crippen LogP contribution in [0.25, 0.3) is 11.3 Å². The molecule has 1 aliphatic carbocycles. The van der Waals surface area contributed by atoms with E-state index in [1.165, 1.54) is 0 Å². The maximum Gasteiger partial charge on any atom is 0.167 e. The molecule has 138 valence electrons. The molecule has 0 amide bonds. The lowest BCUT2D eigenvalue weighted by Crippen LogP contribution is -2.21. The van der Waals surface area contributed by atoms with Crippen molar-refractivity contribution in [2.75, 3.05) is 16.8 Å². The molecule has 4 nitrogen and oxygen atoms in total. The van der Waals surface area contributed by atoms with Gasteiger partial charge in [0.1, 0.15) is 0 Å². The second-order valence-corrected chi connectivity index (χ2v) is 8.13. The third-order valence-corrected chi connectivity index (χ3v) is 6.01. The van der Waals surface area contributed by atoms with E-state index in [0.717, 1.165) is 51.8 Å². The smallest absolute Gasteiger partial charge is 0.167 e. The van der Waals surface area contributed by atoms with Crippen molar-refractivity contribution in [3.63, 3.8) is 0 Å². The molecule has 0 radical (unpaired) electrons. The van der Waals surface area contributed by atoms with E-state index in [9.17, 15) is 4.79 Å². The molecule has 2 N–H and O–H groups in total. The van der Waals surface area contributed by atoms with Gasteiger partial charge in [-0.05, 0) is 48.1 Å². The van der Waals surface area contributed by atoms with E-state index in [0.29, 0.717) is 12.3 Å². The Morgan fingerprint density at radius 1 is 1.15 bits per heavy atom. The molecular formula is C22H23N3OS. The second-order valence-electron chi connectivity index (χ2n) is 6.81. The van der Waals surface area contributed by atoms with Gasteiger partial charge in [0, 0.05) is 35.8 Å². The number of nitrogens with one attached hydrogen (secondary N) is 2. The quantitative estimate of drug-likeness (QED) is 0.610. The summed E-state index contributed by atoms with van der Waals surface area (Å²) >= 11 is 1.91. The van der Waals surface area contributed by atoms with Gasteiger partial charge < -0.3 is 10.3 Å². The summed E-state index contributed by atoms with van der Waals surface area (Å²) in [7, 11) is 0. The molecule has 0 saturated carbocycles. The number of carbonyl (C=O) groups is 1. The van der Waals surface area contributed by atoms with Gasteiger partial charge in [-0.25, -0.2) is 0 Å². The van der Waals surface area contributed by atoms with Gasteiger partial charge >= 0.3 is 0 Å². The molecule has 2 aromatic heterocycles. The number of nitrogens with zero attached hydrogens (tertiary/aromatic N) is 1. The van der Waals surface area contributed by atoms with Crippen LogP contribution in [-0.2, 0) is 6.42 Å². The number of benzene rings is 1. The molecule has 3 aromatic rings. The number of thioether (sulfide) groups is 1. The lowest BCUT2D eigenvalue weighted by molar-refractivity contribution is 0.0955. The zero-order valence-corrected chi connectivity index (χ0v) is 16.2. The van der Waals surface area contributed by atoms with Gasteiger partial charge in [-0.2, -0.15) is 11.8 Å². The highest BCUT2D eigenvalue weighted by atomic mass is 32.2. The molecule has 4 rings (SSSR count). The molecule has 2 heterocycles. The highest BCUT2D eigenvalue weighted by Gasteiger charge is 2.31. The van der Waals surface area contributed by atoms with Gasteiger partial charge in [0.2, 0.25) is 0 Å². The van der Waals surface area contributed by atoms with E-state index in [-0.39, 0.29) is 5.78 Å². The van der Waals surface area contributed by atoms with E-state index in [1.807, 2.05) is 54.2 Å². The number of hydrogen-bond donors (Lipinski definition) is 2. The predicted molar refractivity (Wildman–Crippen MR) is 113 cm³/mol. The number of aromatic amines is 1. The van der Waals surface area contributed by atoms with Crippen LogP contribution in [0.3, 0.4) is 0 Å². The first kappa shape index (κ1) is 17.9. The van der Waals surface area contributed by atoms with Gasteiger partial charge in [-0.3, -0.25) is 9.78 Å². The predicted octanol–water partition coefficient (Wildman–Crippen LogP) is 5.32. The van der Waals surface area contributed by atoms with Crippen molar-refractivity contribution >= 4 is 28.9 Å². The molecule has 1 aromatic carbocycles. The minimum Gasteiger partial charge on any atom is -0.356 e. The van der Waals surface area contributed by atoms with Gasteiger partial charge in [0.25, 0.3) is 0 Å². The Morgan fingerprint density at radius 3 is 2.67 bits per heavy atom. The van der Waals surface area contributed by atoms with Crippen LogP contribution in [0.1, 0.15) is 29.4 Å². The molecule has 27 heavy (non-hydrogen) atoms. The van der Waals surface area contributed by atoms with Crippen LogP contribution in [0.5, 0.6) is 0 Å². The summed E-state index contributed by atoms with van der Waals surface area (Å²) in [6.07, 6.45) is 5.10. The van der Waals surface area contributed by atoms with Crippen molar-refractivity contribution in [1.82, 2.24) is 9.97 Å². The van der Waals surface area contributed by atoms with Crippen LogP contribution >= 0.6 is 11.8 Å². The van der Waals surface area contributed by atoms with Crippen molar-refractivity contribution in [3.05, 3.63) is 66.1 Å². The summed E-state index contributed by atoms with van der Waals surface area (Å²) in [6, 6.07) is 14.0. The molecule has 5 heteroatoms. The van der Waals surface area contributed by atoms with Gasteiger partial charge in [0.05, 0.1) is 16.9 Å². The summed E-state index contributed by atoms with van der Waals surface area (Å²) in [6.45, 7) is 2.17. The van der Waals surface area contributed by atoms with Gasteiger partial charge in [-0.1, -0.05) is 25.1 Å². The Balaban J connectivity index is 1.76. The summed E-state index contributed by atoms with van der Waals surface area (Å²) < 4.78 is 0. The van der Waals surface area contributed by atoms with Crippen LogP contribution in [0.15, 0.2) is 54.9 Å². The number of anilines is 2. The monoisotopic (exact) mass is 377 g/mol. The SMILES string of the molecule is CCSCC1CC(=O)c2c([nH]c(-c3ccncc3)c2Nc2ccccc2)C1. The number of ketones is 1. The van der Waals surface area contributed by atoms with Crippen molar-refractivity contribution < 1.29 is 4.79 Å². The number of aromatic nitrogens is 2. The van der Waals surface area contributed by atoms with E-state index >= 15 is 0 Å². The summed E-state index contributed by atoms with van der Waals surface area (Å²) in [4.78, 5) is 20.7. The largest absolute Gasteiger partial charge is 0.356 e. The summed E-state index contributed by atoms with van der Waals surface area (Å²) in [5.74, 6) is 2.76. The van der Waals surface area contributed by atoms with Gasteiger partial charge in [0.15, 0.2) is 5.78 Å². The first-order valence-electron chi connectivity index (χ1n) is 9.34. The van der Waals surface area contributed by atoms with Crippen molar-refractivity contribution in [1.29, 1.82) is 0 Å². The Kier molecular flexibility index (Phi) is 5.30. The number of H-pyrrole nitrogens is 1. The van der Waals surface area contributed by atoms with Crippen LogP contribution in [0, 0.1) is 5.92 Å². The molecular weight excluding hydrogens is 354 g/mol. The van der Waals surface area contributed by atoms with Crippen molar-refractivity contribution in [2.24, 2.45) is 5.92 Å². The lowest BCUT2D eigenvalue weighted by atomic mass is 9.87. The molecule has 0 saturated heterocycles. The molecule has 1 unspecified atom stereocenters. The van der Waals surface area contributed by atoms with E-state index in [4.69, 9.17) is 0 Å². The number of para-hydroxylation sites is 1. The summed E-state index contributed by atoms with van der Waals surface area (Å²) in [5.41, 5.74) is 5.73. The Morgan fingerprint density at radius 2 is 1.93 bits per heavy atom. The van der Waals surface area contributed by atoms with Crippen molar-refractivity contribution in [2.45, 2.75) is 19.8 Å². The number of Topliss-reactive ketones (excluding diaryl/α,β-unsaturated/α-hetero) is 1. The van der Waals surface area contributed by atoms with Crippen LogP contribution in [-0.4, -0.2) is 27.3 Å². The van der Waals surface area contributed by atoms with Crippen LogP contribution in [0.2, 0.25) is 0 Å². The topological polar surface area (TPSA) is 57.8 Å². The molecule has 0 bridgehead atoms. The molecule has 0 spiro atoms. The highest BCUT2D eigenvalue weighted by molar-refractivity contribution is 7.99. The zero-order valence-electron chi connectivity index (χ0n) is 15.4. The van der Waals surface area contributed by atoms with E-state index in [2.05, 4.69) is 22.2 Å². The zero-order chi connectivity index (χ0) is 18.6. The van der Waals surface area contributed by atoms with Gasteiger partial charge in [-0.15, -0.1) is 0 Å². The fraction of sp³-hybridized carbons (Fsp3) is 0.273. The Labute approximate surface area is 163 Å². The van der Waals surface area contributed by atoms with E-state index in [1.54, 1.807) is 12.4 Å². The molecule has 1 aliphatic rings. The van der Waals surface area contributed by atoms with Crippen LogP contribution < -0.4 is 5.32 Å². The number of hydrogen-bond acceptors (Lipinski definition) is 4. The first-order valence-corrected chi connectivity index (χ1v) is 10.5. The lowest BCUT2D eigenvalue weighted by Gasteiger charge is -2.21. The third-order valence-electron chi connectivity index (χ3n) is 4.89. The van der Waals surface area contributed by atoms with E-state index < -0.39 is 0 Å². The van der Waals surface area contributed by atoms with Crippen LogP contribution in [0.4, 0.5) is 11.4 Å². The number of rotatable bonds is 6. The summed E-state index contributed by atoms with van der Waals surface area (Å²) in [5, 5.41) is 3.49. The normalized spacial score (nSPS) is 16.2. The molecule has 0 fully saturated rings.